The van der Waals surface area contributed by atoms with Gasteiger partial charge in [-0.2, -0.15) is 0 Å². The molecule has 17 heavy (non-hydrogen) atoms. The molecule has 1 aromatic carbocycles. The van der Waals surface area contributed by atoms with Gasteiger partial charge in [0.15, 0.2) is 0 Å². The summed E-state index contributed by atoms with van der Waals surface area (Å²) >= 11 is 0. The fourth-order valence-electron chi connectivity index (χ4n) is 1.35. The molecule has 0 heterocycles. The molecule has 3 nitrogen and oxygen atoms in total. The Bertz CT molecular complexity index is 321. The van der Waals surface area contributed by atoms with Gasteiger partial charge >= 0.3 is 5.97 Å². The Kier molecular flexibility index (Phi) is 6.33. The van der Waals surface area contributed by atoms with Gasteiger partial charge < -0.3 is 9.47 Å². The summed E-state index contributed by atoms with van der Waals surface area (Å²) in [5, 5.41) is 0. The number of carbonyl (C=O) groups is 1. The molecule has 0 spiro atoms. The van der Waals surface area contributed by atoms with Crippen LogP contribution in [0, 0.1) is 5.92 Å². The largest absolute Gasteiger partial charge is 0.462 e. The lowest BCUT2D eigenvalue weighted by Gasteiger charge is -2.12. The Balaban J connectivity index is 2.24. The second kappa shape index (κ2) is 7.85. The molecule has 0 aliphatic carbocycles. The van der Waals surface area contributed by atoms with Crippen molar-refractivity contribution in [3.8, 4) is 0 Å². The van der Waals surface area contributed by atoms with Gasteiger partial charge in [-0.3, -0.25) is 0 Å². The van der Waals surface area contributed by atoms with Crippen LogP contribution in [-0.4, -0.2) is 25.8 Å². The van der Waals surface area contributed by atoms with Crippen LogP contribution in [0.5, 0.6) is 0 Å². The van der Waals surface area contributed by atoms with Crippen LogP contribution in [0.4, 0.5) is 0 Å². The molecule has 0 saturated heterocycles. The monoisotopic (exact) mass is 236 g/mol. The molecular weight excluding hydrogens is 216 g/mol. The van der Waals surface area contributed by atoms with E-state index in [4.69, 9.17) is 9.47 Å². The summed E-state index contributed by atoms with van der Waals surface area (Å²) < 4.78 is 10.6. The van der Waals surface area contributed by atoms with Crippen molar-refractivity contribution in [2.75, 3.05) is 19.8 Å². The Morgan fingerprint density at radius 3 is 2.59 bits per heavy atom. The zero-order valence-corrected chi connectivity index (χ0v) is 10.5. The quantitative estimate of drug-likeness (QED) is 0.539. The molecule has 3 heteroatoms. The van der Waals surface area contributed by atoms with Crippen molar-refractivity contribution >= 4 is 5.97 Å². The molecular formula is C14H20O3. The number of hydrogen-bond acceptors (Lipinski definition) is 3. The van der Waals surface area contributed by atoms with Gasteiger partial charge in [-0.15, -0.1) is 0 Å². The summed E-state index contributed by atoms with van der Waals surface area (Å²) in [7, 11) is 0. The second-order valence-electron chi connectivity index (χ2n) is 4.14. The van der Waals surface area contributed by atoms with E-state index < -0.39 is 0 Å². The lowest BCUT2D eigenvalue weighted by Crippen LogP contribution is -2.16. The predicted molar refractivity (Wildman–Crippen MR) is 67.0 cm³/mol. The van der Waals surface area contributed by atoms with Gasteiger partial charge in [0.25, 0.3) is 0 Å². The molecule has 0 amide bonds. The molecule has 0 radical (unpaired) electrons. The SMILES string of the molecule is CCCOCC(C)COC(=O)c1ccccc1. The summed E-state index contributed by atoms with van der Waals surface area (Å²) in [5.74, 6) is -0.0397. The normalized spacial score (nSPS) is 12.1. The van der Waals surface area contributed by atoms with Crippen LogP contribution in [-0.2, 0) is 9.47 Å². The number of carbonyl (C=O) groups excluding carboxylic acids is 1. The number of hydrogen-bond donors (Lipinski definition) is 0. The van der Waals surface area contributed by atoms with Gasteiger partial charge in [-0.25, -0.2) is 4.79 Å². The van der Waals surface area contributed by atoms with E-state index in [1.165, 1.54) is 0 Å². The summed E-state index contributed by atoms with van der Waals surface area (Å²) in [6.45, 7) is 5.87. The molecule has 94 valence electrons. The average Bonchev–Trinajstić information content (AvgIpc) is 2.37. The summed E-state index contributed by atoms with van der Waals surface area (Å²) in [6.07, 6.45) is 1.01. The fraction of sp³-hybridized carbons (Fsp3) is 0.500. The molecule has 0 aliphatic rings. The van der Waals surface area contributed by atoms with Crippen molar-refractivity contribution in [2.45, 2.75) is 20.3 Å². The highest BCUT2D eigenvalue weighted by atomic mass is 16.5. The molecule has 0 aromatic heterocycles. The van der Waals surface area contributed by atoms with E-state index in [1.54, 1.807) is 12.1 Å². The van der Waals surface area contributed by atoms with Crippen LogP contribution in [0.2, 0.25) is 0 Å². The molecule has 0 aliphatic heterocycles. The topological polar surface area (TPSA) is 35.5 Å². The second-order valence-corrected chi connectivity index (χ2v) is 4.14. The van der Waals surface area contributed by atoms with Crippen LogP contribution in [0.25, 0.3) is 0 Å². The molecule has 1 rings (SSSR count). The minimum atomic E-state index is -0.270. The molecule has 0 fully saturated rings. The third kappa shape index (κ3) is 5.50. The van der Waals surface area contributed by atoms with Crippen LogP contribution < -0.4 is 0 Å². The van der Waals surface area contributed by atoms with Crippen molar-refractivity contribution in [2.24, 2.45) is 5.92 Å². The lowest BCUT2D eigenvalue weighted by molar-refractivity contribution is 0.0318. The van der Waals surface area contributed by atoms with Gasteiger partial charge in [0.05, 0.1) is 18.8 Å². The van der Waals surface area contributed by atoms with Crippen LogP contribution in [0.15, 0.2) is 30.3 Å². The Morgan fingerprint density at radius 2 is 1.94 bits per heavy atom. The zero-order valence-electron chi connectivity index (χ0n) is 10.5. The molecule has 1 atom stereocenters. The van der Waals surface area contributed by atoms with Crippen LogP contribution in [0.1, 0.15) is 30.6 Å². The average molecular weight is 236 g/mol. The van der Waals surface area contributed by atoms with Gasteiger partial charge in [0, 0.05) is 12.5 Å². The van der Waals surface area contributed by atoms with Gasteiger partial charge in [-0.1, -0.05) is 32.0 Å². The van der Waals surface area contributed by atoms with E-state index in [0.29, 0.717) is 18.8 Å². The molecule has 1 aromatic rings. The third-order valence-corrected chi connectivity index (χ3v) is 2.26. The number of ether oxygens (including phenoxy) is 2. The van der Waals surface area contributed by atoms with E-state index in [2.05, 4.69) is 6.92 Å². The first-order chi connectivity index (χ1) is 8.24. The van der Waals surface area contributed by atoms with E-state index in [9.17, 15) is 4.79 Å². The summed E-state index contributed by atoms with van der Waals surface area (Å²) in [5.41, 5.74) is 0.592. The Hall–Kier alpha value is -1.35. The Labute approximate surface area is 103 Å². The molecule has 0 N–H and O–H groups in total. The minimum absolute atomic E-state index is 0.231. The molecule has 0 saturated carbocycles. The van der Waals surface area contributed by atoms with Crippen molar-refractivity contribution in [3.05, 3.63) is 35.9 Å². The zero-order chi connectivity index (χ0) is 12.5. The first-order valence-corrected chi connectivity index (χ1v) is 6.04. The first kappa shape index (κ1) is 13.7. The highest BCUT2D eigenvalue weighted by Gasteiger charge is 2.09. The Morgan fingerprint density at radius 1 is 1.24 bits per heavy atom. The van der Waals surface area contributed by atoms with Crippen molar-refractivity contribution in [1.29, 1.82) is 0 Å². The van der Waals surface area contributed by atoms with E-state index in [1.807, 2.05) is 25.1 Å². The van der Waals surface area contributed by atoms with Crippen molar-refractivity contribution < 1.29 is 14.3 Å². The first-order valence-electron chi connectivity index (χ1n) is 6.04. The number of esters is 1. The maximum Gasteiger partial charge on any atom is 0.338 e. The maximum absolute atomic E-state index is 11.6. The lowest BCUT2D eigenvalue weighted by atomic mass is 10.2. The minimum Gasteiger partial charge on any atom is -0.462 e. The van der Waals surface area contributed by atoms with Crippen LogP contribution in [0.3, 0.4) is 0 Å². The van der Waals surface area contributed by atoms with E-state index in [0.717, 1.165) is 13.0 Å². The summed E-state index contributed by atoms with van der Waals surface area (Å²) in [4.78, 5) is 11.6. The molecule has 0 bridgehead atoms. The standard InChI is InChI=1S/C14H20O3/c1-3-9-16-10-12(2)11-17-14(15)13-7-5-4-6-8-13/h4-8,12H,3,9-11H2,1-2H3. The fourth-order valence-corrected chi connectivity index (χ4v) is 1.35. The maximum atomic E-state index is 11.6. The van der Waals surface area contributed by atoms with Crippen molar-refractivity contribution in [3.63, 3.8) is 0 Å². The highest BCUT2D eigenvalue weighted by Crippen LogP contribution is 2.04. The summed E-state index contributed by atoms with van der Waals surface area (Å²) in [6, 6.07) is 9.02. The third-order valence-electron chi connectivity index (χ3n) is 2.26. The highest BCUT2D eigenvalue weighted by molar-refractivity contribution is 5.89. The van der Waals surface area contributed by atoms with Gasteiger partial charge in [0.1, 0.15) is 0 Å². The molecule has 1 unspecified atom stereocenters. The van der Waals surface area contributed by atoms with E-state index in [-0.39, 0.29) is 11.9 Å². The predicted octanol–water partition coefficient (Wildman–Crippen LogP) is 2.91. The van der Waals surface area contributed by atoms with E-state index >= 15 is 0 Å². The van der Waals surface area contributed by atoms with Gasteiger partial charge in [-0.05, 0) is 18.6 Å². The van der Waals surface area contributed by atoms with Crippen LogP contribution >= 0.6 is 0 Å². The van der Waals surface area contributed by atoms with Gasteiger partial charge in [0.2, 0.25) is 0 Å². The van der Waals surface area contributed by atoms with Crippen molar-refractivity contribution in [1.82, 2.24) is 0 Å². The number of rotatable bonds is 7. The number of benzene rings is 1. The smallest absolute Gasteiger partial charge is 0.338 e.